The summed E-state index contributed by atoms with van der Waals surface area (Å²) in [7, 11) is 1.50. The fourth-order valence-corrected chi connectivity index (χ4v) is 3.72. The Morgan fingerprint density at radius 2 is 1.82 bits per heavy atom. The van der Waals surface area contributed by atoms with E-state index in [4.69, 9.17) is 4.74 Å². The third-order valence-corrected chi connectivity index (χ3v) is 5.49. The minimum absolute atomic E-state index is 0.0564. The molecule has 8 nitrogen and oxygen atoms in total. The van der Waals surface area contributed by atoms with Crippen molar-refractivity contribution in [3.8, 4) is 11.5 Å². The first-order valence-corrected chi connectivity index (χ1v) is 11.3. The van der Waals surface area contributed by atoms with E-state index in [9.17, 15) is 18.0 Å². The van der Waals surface area contributed by atoms with E-state index in [-0.39, 0.29) is 33.2 Å². The molecule has 0 aliphatic heterocycles. The number of alkyl halides is 4. The summed E-state index contributed by atoms with van der Waals surface area (Å²) in [6.45, 7) is 0. The zero-order valence-electron chi connectivity index (χ0n) is 17.5. The molecule has 0 spiro atoms. The third-order valence-electron chi connectivity index (χ3n) is 4.67. The van der Waals surface area contributed by atoms with Gasteiger partial charge in [-0.3, -0.25) is 9.78 Å². The summed E-state index contributed by atoms with van der Waals surface area (Å²) in [4.78, 5) is 20.0. The first kappa shape index (κ1) is 23.6. The van der Waals surface area contributed by atoms with Crippen molar-refractivity contribution in [1.29, 1.82) is 0 Å². The van der Waals surface area contributed by atoms with Gasteiger partial charge in [0.05, 0.1) is 11.1 Å². The van der Waals surface area contributed by atoms with Gasteiger partial charge in [-0.2, -0.15) is 13.2 Å². The van der Waals surface area contributed by atoms with Crippen LogP contribution in [0.2, 0.25) is 0 Å². The molecule has 0 fully saturated rings. The zero-order chi connectivity index (χ0) is 24.3. The Kier molecular flexibility index (Phi) is 6.77. The summed E-state index contributed by atoms with van der Waals surface area (Å²) < 4.78 is 46.0. The van der Waals surface area contributed by atoms with E-state index in [0.29, 0.717) is 22.5 Å². The SMILES string of the molecule is CNC(=O)c1cc(Oc2ccc3nc(Nc4ccc(CI)c(C(F)(F)F)c4)nnc3c2)ccn1. The van der Waals surface area contributed by atoms with Crippen molar-refractivity contribution in [2.24, 2.45) is 0 Å². The Hall–Kier alpha value is -3.55. The predicted molar refractivity (Wildman–Crippen MR) is 127 cm³/mol. The number of rotatable bonds is 6. The van der Waals surface area contributed by atoms with Crippen molar-refractivity contribution in [1.82, 2.24) is 25.5 Å². The molecular formula is C22H16F3IN6O2. The standard InChI is InChI=1S/C22H16F3IN6O2/c1-27-20(33)19-10-15(6-7-28-19)34-14-4-5-17-18(9-14)31-32-21(30-17)29-13-3-2-12(11-26)16(8-13)22(23,24)25/h2-10H,11H2,1H3,(H,27,33)(H,29,30,32). The molecule has 34 heavy (non-hydrogen) atoms. The van der Waals surface area contributed by atoms with E-state index < -0.39 is 11.7 Å². The summed E-state index contributed by atoms with van der Waals surface area (Å²) in [6, 6.07) is 12.0. The van der Waals surface area contributed by atoms with Crippen molar-refractivity contribution in [3.63, 3.8) is 0 Å². The number of halogens is 4. The second-order valence-electron chi connectivity index (χ2n) is 6.97. The number of nitrogens with one attached hydrogen (secondary N) is 2. The van der Waals surface area contributed by atoms with Gasteiger partial charge in [0.2, 0.25) is 5.95 Å². The highest BCUT2D eigenvalue weighted by Gasteiger charge is 2.33. The van der Waals surface area contributed by atoms with Gasteiger partial charge in [-0.1, -0.05) is 28.7 Å². The Bertz CT molecular complexity index is 1370. The van der Waals surface area contributed by atoms with E-state index >= 15 is 0 Å². The van der Waals surface area contributed by atoms with Gasteiger partial charge in [0.1, 0.15) is 22.7 Å². The van der Waals surface area contributed by atoms with Crippen LogP contribution in [0.1, 0.15) is 21.6 Å². The topological polar surface area (TPSA) is 102 Å². The monoisotopic (exact) mass is 580 g/mol. The summed E-state index contributed by atoms with van der Waals surface area (Å²) in [5.74, 6) is 0.552. The van der Waals surface area contributed by atoms with Crippen molar-refractivity contribution < 1.29 is 22.7 Å². The molecule has 4 rings (SSSR count). The first-order valence-electron chi connectivity index (χ1n) is 9.80. The molecule has 0 bridgehead atoms. The van der Waals surface area contributed by atoms with Crippen LogP contribution < -0.4 is 15.4 Å². The Labute approximate surface area is 205 Å². The summed E-state index contributed by atoms with van der Waals surface area (Å²) >= 11 is 1.89. The Morgan fingerprint density at radius 3 is 2.56 bits per heavy atom. The minimum Gasteiger partial charge on any atom is -0.457 e. The van der Waals surface area contributed by atoms with E-state index in [1.54, 1.807) is 24.3 Å². The molecule has 2 heterocycles. The average molecular weight is 580 g/mol. The van der Waals surface area contributed by atoms with Crippen LogP contribution >= 0.6 is 22.6 Å². The van der Waals surface area contributed by atoms with Crippen LogP contribution in [0.3, 0.4) is 0 Å². The van der Waals surface area contributed by atoms with Gasteiger partial charge < -0.3 is 15.4 Å². The number of hydrogen-bond donors (Lipinski definition) is 2. The minimum atomic E-state index is -4.47. The molecule has 0 aliphatic rings. The smallest absolute Gasteiger partial charge is 0.416 e. The lowest BCUT2D eigenvalue weighted by atomic mass is 10.1. The molecular weight excluding hydrogens is 564 g/mol. The lowest BCUT2D eigenvalue weighted by molar-refractivity contribution is -0.138. The van der Waals surface area contributed by atoms with Crippen LogP contribution in [-0.2, 0) is 10.6 Å². The number of ether oxygens (including phenoxy) is 1. The molecule has 4 aromatic rings. The van der Waals surface area contributed by atoms with E-state index in [1.807, 2.05) is 22.6 Å². The molecule has 0 radical (unpaired) electrons. The van der Waals surface area contributed by atoms with Crippen LogP contribution in [0, 0.1) is 0 Å². The fourth-order valence-electron chi connectivity index (χ4n) is 3.06. The van der Waals surface area contributed by atoms with Crippen molar-refractivity contribution in [2.75, 3.05) is 12.4 Å². The largest absolute Gasteiger partial charge is 0.457 e. The maximum Gasteiger partial charge on any atom is 0.416 e. The molecule has 0 saturated heterocycles. The van der Waals surface area contributed by atoms with Gasteiger partial charge in [-0.25, -0.2) is 4.98 Å². The summed E-state index contributed by atoms with van der Waals surface area (Å²) in [5, 5.41) is 13.3. The number of fused-ring (bicyclic) bond motifs is 1. The van der Waals surface area contributed by atoms with Gasteiger partial charge in [-0.15, -0.1) is 10.2 Å². The maximum atomic E-state index is 13.3. The molecule has 0 aliphatic carbocycles. The van der Waals surface area contributed by atoms with Gasteiger partial charge in [0.25, 0.3) is 5.91 Å². The molecule has 2 N–H and O–H groups in total. The average Bonchev–Trinajstić information content (AvgIpc) is 2.83. The lowest BCUT2D eigenvalue weighted by Gasteiger charge is -2.13. The van der Waals surface area contributed by atoms with Crippen LogP contribution in [-0.4, -0.2) is 33.1 Å². The fraction of sp³-hybridized carbons (Fsp3) is 0.136. The van der Waals surface area contributed by atoms with Crippen molar-refractivity contribution >= 4 is 51.2 Å². The highest BCUT2D eigenvalue weighted by atomic mass is 127. The van der Waals surface area contributed by atoms with Gasteiger partial charge >= 0.3 is 6.18 Å². The molecule has 2 aromatic heterocycles. The number of amides is 1. The predicted octanol–water partition coefficient (Wildman–Crippen LogP) is 5.27. The Morgan fingerprint density at radius 1 is 1.03 bits per heavy atom. The lowest BCUT2D eigenvalue weighted by Crippen LogP contribution is -2.18. The Balaban J connectivity index is 1.55. The van der Waals surface area contributed by atoms with E-state index in [2.05, 4.69) is 30.8 Å². The molecule has 12 heteroatoms. The summed E-state index contributed by atoms with van der Waals surface area (Å²) in [5.41, 5.74) is 0.772. The summed E-state index contributed by atoms with van der Waals surface area (Å²) in [6.07, 6.45) is -3.01. The maximum absolute atomic E-state index is 13.3. The van der Waals surface area contributed by atoms with Crippen LogP contribution in [0.5, 0.6) is 11.5 Å². The number of carbonyl (C=O) groups excluding carboxylic acids is 1. The third kappa shape index (κ3) is 5.32. The van der Waals surface area contributed by atoms with Gasteiger partial charge in [-0.05, 0) is 35.9 Å². The number of carbonyl (C=O) groups is 1. The molecule has 0 atom stereocenters. The van der Waals surface area contributed by atoms with Crippen molar-refractivity contribution in [3.05, 3.63) is 71.5 Å². The van der Waals surface area contributed by atoms with Crippen LogP contribution in [0.4, 0.5) is 24.8 Å². The van der Waals surface area contributed by atoms with Gasteiger partial charge in [0.15, 0.2) is 0 Å². The molecule has 0 unspecified atom stereocenters. The van der Waals surface area contributed by atoms with Crippen LogP contribution in [0.25, 0.3) is 11.0 Å². The quantitative estimate of drug-likeness (QED) is 0.237. The second-order valence-corrected chi connectivity index (χ2v) is 7.74. The number of nitrogens with zero attached hydrogens (tertiary/aromatic N) is 4. The van der Waals surface area contributed by atoms with E-state index in [1.165, 1.54) is 31.4 Å². The number of benzene rings is 2. The van der Waals surface area contributed by atoms with Gasteiger partial charge in [0, 0.05) is 35.5 Å². The number of anilines is 2. The normalized spacial score (nSPS) is 11.3. The number of pyridine rings is 1. The van der Waals surface area contributed by atoms with Crippen molar-refractivity contribution in [2.45, 2.75) is 10.6 Å². The second kappa shape index (κ2) is 9.75. The first-order chi connectivity index (χ1) is 16.3. The van der Waals surface area contributed by atoms with Crippen LogP contribution in [0.15, 0.2) is 54.7 Å². The molecule has 1 amide bonds. The number of aromatic nitrogens is 4. The highest BCUT2D eigenvalue weighted by Crippen LogP contribution is 2.35. The zero-order valence-corrected chi connectivity index (χ0v) is 19.7. The number of hydrogen-bond acceptors (Lipinski definition) is 7. The molecule has 0 saturated carbocycles. The highest BCUT2D eigenvalue weighted by molar-refractivity contribution is 14.1. The molecule has 174 valence electrons. The molecule has 2 aromatic carbocycles. The van der Waals surface area contributed by atoms with E-state index in [0.717, 1.165) is 6.07 Å².